The highest BCUT2D eigenvalue weighted by Crippen LogP contribution is 2.02. The zero-order chi connectivity index (χ0) is 16.5. The van der Waals surface area contributed by atoms with E-state index in [4.69, 9.17) is 0 Å². The summed E-state index contributed by atoms with van der Waals surface area (Å²) >= 11 is 0. The van der Waals surface area contributed by atoms with Gasteiger partial charge in [-0.2, -0.15) is 5.10 Å². The molecule has 2 aromatic rings. The molecule has 0 fully saturated rings. The summed E-state index contributed by atoms with van der Waals surface area (Å²) in [6, 6.07) is 9.87. The van der Waals surface area contributed by atoms with Gasteiger partial charge in [-0.25, -0.2) is 4.98 Å². The van der Waals surface area contributed by atoms with Crippen LogP contribution >= 0.6 is 0 Å². The van der Waals surface area contributed by atoms with Crippen LogP contribution in [0.2, 0.25) is 0 Å². The van der Waals surface area contributed by atoms with Gasteiger partial charge in [0.25, 0.3) is 0 Å². The van der Waals surface area contributed by atoms with Gasteiger partial charge in [-0.1, -0.05) is 30.3 Å². The monoisotopic (exact) mass is 334 g/mol. The molecule has 0 aliphatic rings. The molecule has 8 heteroatoms. The fourth-order valence-corrected chi connectivity index (χ4v) is 3.02. The lowest BCUT2D eigenvalue weighted by Crippen LogP contribution is -2.39. The van der Waals surface area contributed by atoms with Crippen molar-refractivity contribution in [2.75, 3.05) is 19.3 Å². The molecule has 0 bridgehead atoms. The minimum atomic E-state index is -0.898. The third-order valence-electron chi connectivity index (χ3n) is 3.24. The zero-order valence-electron chi connectivity index (χ0n) is 13.4. The lowest BCUT2D eigenvalue weighted by atomic mass is 10.2. The number of nitrogens with zero attached hydrogens (tertiary/aromatic N) is 4. The Hall–Kier alpha value is -2.22. The Balaban J connectivity index is 1.69. The molecular formula is C15H22N6OS. The first-order valence-corrected chi connectivity index (χ1v) is 8.84. The van der Waals surface area contributed by atoms with Gasteiger partial charge in [0, 0.05) is 42.9 Å². The molecule has 7 nitrogen and oxygen atoms in total. The maximum atomic E-state index is 12.1. The Morgan fingerprint density at radius 3 is 2.74 bits per heavy atom. The van der Waals surface area contributed by atoms with Crippen LogP contribution in [0.5, 0.6) is 0 Å². The number of rotatable bonds is 7. The van der Waals surface area contributed by atoms with Crippen LogP contribution in [-0.2, 0) is 30.1 Å². The maximum Gasteiger partial charge on any atom is 0.191 e. The normalized spacial score (nSPS) is 12.9. The van der Waals surface area contributed by atoms with Crippen molar-refractivity contribution < 1.29 is 4.21 Å². The van der Waals surface area contributed by atoms with Crippen LogP contribution in [0.25, 0.3) is 0 Å². The van der Waals surface area contributed by atoms with Crippen LogP contribution in [0, 0.1) is 0 Å². The molecular weight excluding hydrogens is 312 g/mol. The van der Waals surface area contributed by atoms with Gasteiger partial charge in [-0.3, -0.25) is 13.9 Å². The minimum absolute atomic E-state index is 0.531. The Kier molecular flexibility index (Phi) is 6.74. The summed E-state index contributed by atoms with van der Waals surface area (Å²) < 4.78 is 13.8. The predicted molar refractivity (Wildman–Crippen MR) is 92.4 cm³/mol. The molecule has 23 heavy (non-hydrogen) atoms. The molecule has 0 spiro atoms. The molecule has 1 unspecified atom stereocenters. The molecule has 0 saturated carbocycles. The number of aromatic nitrogens is 3. The molecule has 0 amide bonds. The van der Waals surface area contributed by atoms with Crippen molar-refractivity contribution in [3.05, 3.63) is 48.0 Å². The fraction of sp³-hybridized carbons (Fsp3) is 0.400. The molecule has 124 valence electrons. The van der Waals surface area contributed by atoms with Crippen LogP contribution in [0.4, 0.5) is 0 Å². The van der Waals surface area contributed by atoms with E-state index in [-0.39, 0.29) is 0 Å². The molecule has 2 rings (SSSR count). The zero-order valence-corrected chi connectivity index (χ0v) is 14.2. The highest BCUT2D eigenvalue weighted by atomic mass is 32.2. The van der Waals surface area contributed by atoms with Gasteiger partial charge in [0.2, 0.25) is 0 Å². The average Bonchev–Trinajstić information content (AvgIpc) is 2.97. The second kappa shape index (κ2) is 9.04. The van der Waals surface area contributed by atoms with Crippen molar-refractivity contribution in [1.29, 1.82) is 0 Å². The SMILES string of the molecule is CN=C(NCCS(=O)Cc1ccccc1)NCc1ncnn1C. The van der Waals surface area contributed by atoms with Gasteiger partial charge in [0.15, 0.2) is 5.96 Å². The summed E-state index contributed by atoms with van der Waals surface area (Å²) in [7, 11) is 2.64. The summed E-state index contributed by atoms with van der Waals surface area (Å²) in [4.78, 5) is 8.27. The Labute approximate surface area is 138 Å². The number of nitrogens with one attached hydrogen (secondary N) is 2. The maximum absolute atomic E-state index is 12.1. The van der Waals surface area contributed by atoms with Crippen LogP contribution < -0.4 is 10.6 Å². The summed E-state index contributed by atoms with van der Waals surface area (Å²) in [5, 5.41) is 10.3. The van der Waals surface area contributed by atoms with E-state index in [9.17, 15) is 4.21 Å². The van der Waals surface area contributed by atoms with Crippen molar-refractivity contribution in [2.45, 2.75) is 12.3 Å². The molecule has 1 aromatic heterocycles. The van der Waals surface area contributed by atoms with E-state index in [0.717, 1.165) is 11.4 Å². The topological polar surface area (TPSA) is 84.2 Å². The number of hydrogen-bond donors (Lipinski definition) is 2. The quantitative estimate of drug-likeness (QED) is 0.567. The first kappa shape index (κ1) is 17.1. The summed E-state index contributed by atoms with van der Waals surface area (Å²) in [6.07, 6.45) is 1.51. The highest BCUT2D eigenvalue weighted by molar-refractivity contribution is 7.84. The lowest BCUT2D eigenvalue weighted by Gasteiger charge is -2.11. The van der Waals surface area contributed by atoms with Crippen LogP contribution in [0.1, 0.15) is 11.4 Å². The molecule has 0 saturated heterocycles. The second-order valence-electron chi connectivity index (χ2n) is 4.93. The van der Waals surface area contributed by atoms with E-state index in [1.807, 2.05) is 37.4 Å². The van der Waals surface area contributed by atoms with Crippen LogP contribution in [0.3, 0.4) is 0 Å². The van der Waals surface area contributed by atoms with Gasteiger partial charge in [-0.15, -0.1) is 0 Å². The van der Waals surface area contributed by atoms with E-state index in [0.29, 0.717) is 30.6 Å². The molecule has 0 radical (unpaired) electrons. The van der Waals surface area contributed by atoms with Crippen molar-refractivity contribution in [3.63, 3.8) is 0 Å². The van der Waals surface area contributed by atoms with E-state index >= 15 is 0 Å². The van der Waals surface area contributed by atoms with E-state index in [1.165, 1.54) is 6.33 Å². The molecule has 1 heterocycles. The smallest absolute Gasteiger partial charge is 0.191 e. The third-order valence-corrected chi connectivity index (χ3v) is 4.55. The number of benzene rings is 1. The molecule has 0 aliphatic heterocycles. The number of hydrogen-bond acceptors (Lipinski definition) is 4. The van der Waals surface area contributed by atoms with E-state index in [1.54, 1.807) is 11.7 Å². The van der Waals surface area contributed by atoms with Crippen molar-refractivity contribution >= 4 is 16.8 Å². The Morgan fingerprint density at radius 1 is 1.30 bits per heavy atom. The molecule has 0 aliphatic carbocycles. The Morgan fingerprint density at radius 2 is 2.09 bits per heavy atom. The number of aryl methyl sites for hydroxylation is 1. The van der Waals surface area contributed by atoms with Gasteiger partial charge in [-0.05, 0) is 5.56 Å². The van der Waals surface area contributed by atoms with Crippen LogP contribution in [0.15, 0.2) is 41.7 Å². The van der Waals surface area contributed by atoms with Crippen molar-refractivity contribution in [1.82, 2.24) is 25.4 Å². The first-order valence-electron chi connectivity index (χ1n) is 7.35. The van der Waals surface area contributed by atoms with Crippen molar-refractivity contribution in [3.8, 4) is 0 Å². The van der Waals surface area contributed by atoms with Gasteiger partial charge >= 0.3 is 0 Å². The first-order chi connectivity index (χ1) is 11.2. The predicted octanol–water partition coefficient (Wildman–Crippen LogP) is 0.429. The summed E-state index contributed by atoms with van der Waals surface area (Å²) in [5.74, 6) is 2.62. The average molecular weight is 334 g/mol. The van der Waals surface area contributed by atoms with Gasteiger partial charge < -0.3 is 10.6 Å². The lowest BCUT2D eigenvalue weighted by molar-refractivity contribution is 0.672. The molecule has 1 aromatic carbocycles. The number of guanidine groups is 1. The van der Waals surface area contributed by atoms with E-state index in [2.05, 4.69) is 25.7 Å². The van der Waals surface area contributed by atoms with Crippen LogP contribution in [-0.4, -0.2) is 44.3 Å². The standard InChI is InChI=1S/C15H22N6OS/c1-16-15(18-10-14-19-12-20-21(14)2)17-8-9-23(22)11-13-6-4-3-5-7-13/h3-7,12H,8-11H2,1-2H3,(H2,16,17,18). The number of aliphatic imine (C=N–C) groups is 1. The highest BCUT2D eigenvalue weighted by Gasteiger charge is 2.04. The summed E-state index contributed by atoms with van der Waals surface area (Å²) in [6.45, 7) is 1.13. The second-order valence-corrected chi connectivity index (χ2v) is 6.50. The van der Waals surface area contributed by atoms with E-state index < -0.39 is 10.8 Å². The van der Waals surface area contributed by atoms with Gasteiger partial charge in [0.05, 0.1) is 6.54 Å². The fourth-order valence-electron chi connectivity index (χ4n) is 1.98. The molecule has 1 atom stereocenters. The summed E-state index contributed by atoms with van der Waals surface area (Å²) in [5.41, 5.74) is 1.09. The van der Waals surface area contributed by atoms with Gasteiger partial charge in [0.1, 0.15) is 12.2 Å². The Bertz CT molecular complexity index is 655. The largest absolute Gasteiger partial charge is 0.355 e. The van der Waals surface area contributed by atoms with Crippen molar-refractivity contribution in [2.24, 2.45) is 12.0 Å². The third kappa shape index (κ3) is 5.82. The minimum Gasteiger partial charge on any atom is -0.355 e. The molecule has 2 N–H and O–H groups in total.